The lowest BCUT2D eigenvalue weighted by Crippen LogP contribution is -2.23. The highest BCUT2D eigenvalue weighted by Gasteiger charge is 2.22. The first-order chi connectivity index (χ1) is 11.6. The number of nitrogens with zero attached hydrogens (tertiary/aromatic N) is 1. The molecule has 1 aromatic heterocycles. The molecule has 0 aliphatic carbocycles. The predicted octanol–water partition coefficient (Wildman–Crippen LogP) is 3.39. The van der Waals surface area contributed by atoms with Gasteiger partial charge in [0.05, 0.1) is 6.61 Å². The third-order valence-electron chi connectivity index (χ3n) is 3.81. The Bertz CT molecular complexity index is 764. The molecule has 0 unspecified atom stereocenters. The van der Waals surface area contributed by atoms with Crippen LogP contribution >= 0.6 is 11.6 Å². The van der Waals surface area contributed by atoms with E-state index in [4.69, 9.17) is 21.1 Å². The fraction of sp³-hybridized carbons (Fsp3) is 0.333. The van der Waals surface area contributed by atoms with E-state index in [2.05, 4.69) is 10.3 Å². The Morgan fingerprint density at radius 2 is 2.29 bits per heavy atom. The van der Waals surface area contributed by atoms with Crippen LogP contribution in [-0.2, 0) is 13.0 Å². The quantitative estimate of drug-likeness (QED) is 0.843. The number of nitrogens with one attached hydrogen (secondary N) is 1. The van der Waals surface area contributed by atoms with Crippen molar-refractivity contribution in [3.8, 4) is 11.5 Å². The highest BCUT2D eigenvalue weighted by molar-refractivity contribution is 6.29. The maximum Gasteiger partial charge on any atom is 0.251 e. The van der Waals surface area contributed by atoms with Crippen LogP contribution in [0.25, 0.3) is 0 Å². The summed E-state index contributed by atoms with van der Waals surface area (Å²) in [5, 5.41) is 3.17. The number of rotatable bonds is 5. The minimum absolute atomic E-state index is 0.165. The standard InChI is InChI=1S/C18H19ClN2O3/c1-3-23-15-7-13-6-11(2)24-16(13)8-14(15)10-21-18(22)12-4-5-20-17(19)9-12/h4-5,7-9,11H,3,6,10H2,1-2H3,(H,21,22)/t11-/m1/s1. The minimum Gasteiger partial charge on any atom is -0.494 e. The van der Waals surface area contributed by atoms with Gasteiger partial charge in [0.1, 0.15) is 22.8 Å². The molecule has 1 amide bonds. The molecular weight excluding hydrogens is 328 g/mol. The second-order valence-corrected chi connectivity index (χ2v) is 6.07. The zero-order chi connectivity index (χ0) is 17.1. The summed E-state index contributed by atoms with van der Waals surface area (Å²) in [6.07, 6.45) is 2.55. The second-order valence-electron chi connectivity index (χ2n) is 5.68. The summed E-state index contributed by atoms with van der Waals surface area (Å²) in [4.78, 5) is 16.1. The van der Waals surface area contributed by atoms with Crippen LogP contribution in [0.4, 0.5) is 0 Å². The molecular formula is C18H19ClN2O3. The molecule has 3 rings (SSSR count). The highest BCUT2D eigenvalue weighted by atomic mass is 35.5. The van der Waals surface area contributed by atoms with Crippen molar-refractivity contribution in [1.82, 2.24) is 10.3 Å². The van der Waals surface area contributed by atoms with Crippen LogP contribution < -0.4 is 14.8 Å². The van der Waals surface area contributed by atoms with Crippen molar-refractivity contribution in [2.45, 2.75) is 32.9 Å². The van der Waals surface area contributed by atoms with Crippen molar-refractivity contribution in [3.63, 3.8) is 0 Å². The lowest BCUT2D eigenvalue weighted by atomic mass is 10.1. The summed E-state index contributed by atoms with van der Waals surface area (Å²) in [6.45, 7) is 4.89. The Morgan fingerprint density at radius 3 is 3.04 bits per heavy atom. The maximum atomic E-state index is 12.3. The van der Waals surface area contributed by atoms with Crippen LogP contribution in [0.1, 0.15) is 35.3 Å². The van der Waals surface area contributed by atoms with Crippen molar-refractivity contribution in [2.24, 2.45) is 0 Å². The van der Waals surface area contributed by atoms with Crippen molar-refractivity contribution < 1.29 is 14.3 Å². The number of halogens is 1. The second kappa shape index (κ2) is 7.09. The summed E-state index contributed by atoms with van der Waals surface area (Å²) >= 11 is 5.82. The number of hydrogen-bond acceptors (Lipinski definition) is 4. The highest BCUT2D eigenvalue weighted by Crippen LogP contribution is 2.35. The summed E-state index contributed by atoms with van der Waals surface area (Å²) < 4.78 is 11.5. The smallest absolute Gasteiger partial charge is 0.251 e. The Morgan fingerprint density at radius 1 is 1.46 bits per heavy atom. The van der Waals surface area contributed by atoms with Gasteiger partial charge in [-0.1, -0.05) is 11.6 Å². The number of fused-ring (bicyclic) bond motifs is 1. The van der Waals surface area contributed by atoms with E-state index in [-0.39, 0.29) is 17.2 Å². The number of carbonyl (C=O) groups excluding carboxylic acids is 1. The van der Waals surface area contributed by atoms with Crippen LogP contribution in [-0.4, -0.2) is 23.6 Å². The van der Waals surface area contributed by atoms with Gasteiger partial charge < -0.3 is 14.8 Å². The van der Waals surface area contributed by atoms with Crippen LogP contribution in [0, 0.1) is 0 Å². The Balaban J connectivity index is 1.77. The van der Waals surface area contributed by atoms with Gasteiger partial charge in [0.2, 0.25) is 0 Å². The fourth-order valence-corrected chi connectivity index (χ4v) is 2.90. The molecule has 0 bridgehead atoms. The molecule has 126 valence electrons. The molecule has 0 saturated heterocycles. The molecule has 1 N–H and O–H groups in total. The molecule has 5 nitrogen and oxygen atoms in total. The van der Waals surface area contributed by atoms with Gasteiger partial charge in [-0.2, -0.15) is 0 Å². The van der Waals surface area contributed by atoms with E-state index < -0.39 is 0 Å². The molecule has 6 heteroatoms. The Kier molecular flexibility index (Phi) is 4.90. The normalized spacial score (nSPS) is 15.5. The Labute approximate surface area is 145 Å². The first-order valence-corrected chi connectivity index (χ1v) is 8.29. The third kappa shape index (κ3) is 3.62. The van der Waals surface area contributed by atoms with Crippen LogP contribution in [0.5, 0.6) is 11.5 Å². The zero-order valence-electron chi connectivity index (χ0n) is 13.6. The van der Waals surface area contributed by atoms with Crippen LogP contribution in [0.2, 0.25) is 5.15 Å². The van der Waals surface area contributed by atoms with Gasteiger partial charge in [-0.25, -0.2) is 4.98 Å². The number of hydrogen-bond donors (Lipinski definition) is 1. The van der Waals surface area contributed by atoms with Crippen molar-refractivity contribution in [1.29, 1.82) is 0 Å². The van der Waals surface area contributed by atoms with Gasteiger partial charge in [0.15, 0.2) is 0 Å². The van der Waals surface area contributed by atoms with Gasteiger partial charge in [0, 0.05) is 35.9 Å². The maximum absolute atomic E-state index is 12.3. The number of carbonyl (C=O) groups is 1. The first kappa shape index (κ1) is 16.6. The molecule has 1 aromatic carbocycles. The SMILES string of the molecule is CCOc1cc2c(cc1CNC(=O)c1ccnc(Cl)c1)O[C@H](C)C2. The summed E-state index contributed by atoms with van der Waals surface area (Å²) in [5.41, 5.74) is 2.50. The van der Waals surface area contributed by atoms with Crippen LogP contribution in [0.15, 0.2) is 30.5 Å². The summed E-state index contributed by atoms with van der Waals surface area (Å²) in [6, 6.07) is 7.11. The van der Waals surface area contributed by atoms with E-state index in [1.165, 1.54) is 12.3 Å². The van der Waals surface area contributed by atoms with E-state index in [1.54, 1.807) is 6.07 Å². The van der Waals surface area contributed by atoms with E-state index in [1.807, 2.05) is 26.0 Å². The largest absolute Gasteiger partial charge is 0.494 e. The van der Waals surface area contributed by atoms with Crippen LogP contribution in [0.3, 0.4) is 0 Å². The van der Waals surface area contributed by atoms with Crippen molar-refractivity contribution in [2.75, 3.05) is 6.61 Å². The molecule has 0 fully saturated rings. The molecule has 1 aliphatic rings. The van der Waals surface area contributed by atoms with Gasteiger partial charge in [0.25, 0.3) is 5.91 Å². The molecule has 2 heterocycles. The van der Waals surface area contributed by atoms with Gasteiger partial charge in [-0.15, -0.1) is 0 Å². The fourth-order valence-electron chi connectivity index (χ4n) is 2.73. The monoisotopic (exact) mass is 346 g/mol. The zero-order valence-corrected chi connectivity index (χ0v) is 14.4. The third-order valence-corrected chi connectivity index (χ3v) is 4.01. The number of benzene rings is 1. The van der Waals surface area contributed by atoms with E-state index >= 15 is 0 Å². The minimum atomic E-state index is -0.212. The molecule has 24 heavy (non-hydrogen) atoms. The van der Waals surface area contributed by atoms with Gasteiger partial charge in [-0.3, -0.25) is 4.79 Å². The number of ether oxygens (including phenoxy) is 2. The van der Waals surface area contributed by atoms with Crippen molar-refractivity contribution >= 4 is 17.5 Å². The average Bonchev–Trinajstić information content (AvgIpc) is 2.91. The lowest BCUT2D eigenvalue weighted by Gasteiger charge is -2.13. The average molecular weight is 347 g/mol. The van der Waals surface area contributed by atoms with E-state index in [9.17, 15) is 4.79 Å². The number of amides is 1. The number of aromatic nitrogens is 1. The molecule has 1 atom stereocenters. The number of pyridine rings is 1. The topological polar surface area (TPSA) is 60.5 Å². The van der Waals surface area contributed by atoms with E-state index in [0.717, 1.165) is 29.0 Å². The summed E-state index contributed by atoms with van der Waals surface area (Å²) in [5.74, 6) is 1.43. The van der Waals surface area contributed by atoms with Gasteiger partial charge >= 0.3 is 0 Å². The van der Waals surface area contributed by atoms with Gasteiger partial charge in [-0.05, 0) is 38.1 Å². The predicted molar refractivity (Wildman–Crippen MR) is 91.8 cm³/mol. The molecule has 0 radical (unpaired) electrons. The van der Waals surface area contributed by atoms with Crippen molar-refractivity contribution in [3.05, 3.63) is 52.3 Å². The molecule has 0 saturated carbocycles. The lowest BCUT2D eigenvalue weighted by molar-refractivity contribution is 0.0950. The molecule has 2 aromatic rings. The summed E-state index contributed by atoms with van der Waals surface area (Å²) in [7, 11) is 0. The molecule has 0 spiro atoms. The Hall–Kier alpha value is -2.27. The van der Waals surface area contributed by atoms with E-state index in [0.29, 0.717) is 18.7 Å². The molecule has 1 aliphatic heterocycles. The first-order valence-electron chi connectivity index (χ1n) is 7.91.